The molecule has 0 bridgehead atoms. The minimum atomic E-state index is 0.275. The lowest BCUT2D eigenvalue weighted by Gasteiger charge is -2.24. The van der Waals surface area contributed by atoms with Crippen LogP contribution in [0.4, 0.5) is 0 Å². The van der Waals surface area contributed by atoms with Crippen molar-refractivity contribution >= 4 is 11.3 Å². The summed E-state index contributed by atoms with van der Waals surface area (Å²) in [5.74, 6) is 0.761. The first-order valence-corrected chi connectivity index (χ1v) is 8.26. The van der Waals surface area contributed by atoms with Crippen molar-refractivity contribution in [3.05, 3.63) is 21.9 Å². The van der Waals surface area contributed by atoms with Gasteiger partial charge in [-0.1, -0.05) is 27.7 Å². The van der Waals surface area contributed by atoms with Crippen molar-refractivity contribution in [1.82, 2.24) is 10.2 Å². The Morgan fingerprint density at radius 1 is 1.37 bits per heavy atom. The molecule has 0 aromatic carbocycles. The molecular weight excluding hydrogens is 252 g/mol. The second kappa shape index (κ2) is 5.94. The molecule has 0 amide bonds. The van der Waals surface area contributed by atoms with Gasteiger partial charge in [0.05, 0.1) is 0 Å². The Hall–Kier alpha value is -0.380. The molecule has 1 aromatic rings. The Morgan fingerprint density at radius 2 is 2.11 bits per heavy atom. The first-order valence-electron chi connectivity index (χ1n) is 7.44. The van der Waals surface area contributed by atoms with E-state index in [1.165, 1.54) is 17.8 Å². The Labute approximate surface area is 122 Å². The van der Waals surface area contributed by atoms with E-state index < -0.39 is 0 Å². The summed E-state index contributed by atoms with van der Waals surface area (Å²) < 4.78 is 0. The molecule has 1 aromatic heterocycles. The third kappa shape index (κ3) is 3.39. The predicted molar refractivity (Wildman–Crippen MR) is 85.0 cm³/mol. The molecule has 0 radical (unpaired) electrons. The summed E-state index contributed by atoms with van der Waals surface area (Å²) in [7, 11) is 2.27. The van der Waals surface area contributed by atoms with Crippen molar-refractivity contribution in [2.24, 2.45) is 5.92 Å². The maximum Gasteiger partial charge on any atom is 0.0479 e. The molecule has 2 rings (SSSR count). The van der Waals surface area contributed by atoms with E-state index in [9.17, 15) is 0 Å². The van der Waals surface area contributed by atoms with Crippen LogP contribution in [-0.2, 0) is 5.41 Å². The van der Waals surface area contributed by atoms with Gasteiger partial charge in [0, 0.05) is 15.8 Å². The molecule has 2 atom stereocenters. The number of likely N-dealkylation sites (tertiary alicyclic amines) is 1. The first kappa shape index (κ1) is 15.0. The van der Waals surface area contributed by atoms with Gasteiger partial charge in [0.2, 0.25) is 0 Å². The van der Waals surface area contributed by atoms with E-state index in [0.717, 1.165) is 19.0 Å². The molecule has 1 aliphatic rings. The van der Waals surface area contributed by atoms with Gasteiger partial charge in [-0.05, 0) is 56.6 Å². The quantitative estimate of drug-likeness (QED) is 0.905. The fraction of sp³-hybridized carbons (Fsp3) is 0.750. The lowest BCUT2D eigenvalue weighted by molar-refractivity contribution is 0.277. The van der Waals surface area contributed by atoms with E-state index in [2.05, 4.69) is 57.1 Å². The van der Waals surface area contributed by atoms with Gasteiger partial charge in [-0.2, -0.15) is 0 Å². The van der Waals surface area contributed by atoms with E-state index >= 15 is 0 Å². The monoisotopic (exact) mass is 280 g/mol. The topological polar surface area (TPSA) is 15.3 Å². The smallest absolute Gasteiger partial charge is 0.0479 e. The average Bonchev–Trinajstić information content (AvgIpc) is 2.92. The van der Waals surface area contributed by atoms with Crippen LogP contribution in [0.3, 0.4) is 0 Å². The summed E-state index contributed by atoms with van der Waals surface area (Å²) in [5, 5.41) is 3.53. The van der Waals surface area contributed by atoms with Crippen LogP contribution in [-0.4, -0.2) is 31.6 Å². The highest BCUT2D eigenvalue weighted by molar-refractivity contribution is 7.12. The zero-order valence-corrected chi connectivity index (χ0v) is 13.8. The predicted octanol–water partition coefficient (Wildman–Crippen LogP) is 3.65. The highest BCUT2D eigenvalue weighted by atomic mass is 32.1. The second-order valence-electron chi connectivity index (χ2n) is 6.73. The molecule has 0 spiro atoms. The fourth-order valence-corrected chi connectivity index (χ4v) is 4.26. The van der Waals surface area contributed by atoms with Crippen molar-refractivity contribution < 1.29 is 0 Å². The Bertz CT molecular complexity index is 405. The lowest BCUT2D eigenvalue weighted by atomic mass is 9.94. The van der Waals surface area contributed by atoms with Gasteiger partial charge >= 0.3 is 0 Å². The summed E-state index contributed by atoms with van der Waals surface area (Å²) >= 11 is 2.01. The normalized spacial score (nSPS) is 25.1. The molecule has 1 aliphatic heterocycles. The zero-order chi connectivity index (χ0) is 14.0. The molecule has 1 saturated heterocycles. The number of hydrogen-bond acceptors (Lipinski definition) is 3. The fourth-order valence-electron chi connectivity index (χ4n) is 2.93. The van der Waals surface area contributed by atoms with Crippen LogP contribution in [0, 0.1) is 5.92 Å². The van der Waals surface area contributed by atoms with Gasteiger partial charge in [0.25, 0.3) is 0 Å². The zero-order valence-electron chi connectivity index (χ0n) is 13.0. The molecule has 1 fully saturated rings. The van der Waals surface area contributed by atoms with Gasteiger partial charge < -0.3 is 5.32 Å². The standard InChI is InChI=1S/C16H28N2S/c1-6-17-11-12-9-10-18(5)15(12)13-7-8-14(19-13)16(2,3)4/h7-8,12,15,17H,6,9-11H2,1-5H3. The van der Waals surface area contributed by atoms with Crippen LogP contribution in [0.25, 0.3) is 0 Å². The minimum Gasteiger partial charge on any atom is -0.317 e. The largest absolute Gasteiger partial charge is 0.317 e. The highest BCUT2D eigenvalue weighted by Gasteiger charge is 2.34. The molecule has 19 heavy (non-hydrogen) atoms. The van der Waals surface area contributed by atoms with Crippen LogP contribution >= 0.6 is 11.3 Å². The summed E-state index contributed by atoms with van der Waals surface area (Å²) in [6.45, 7) is 12.5. The van der Waals surface area contributed by atoms with Gasteiger partial charge in [-0.3, -0.25) is 4.90 Å². The van der Waals surface area contributed by atoms with Crippen molar-refractivity contribution in [1.29, 1.82) is 0 Å². The van der Waals surface area contributed by atoms with E-state index in [4.69, 9.17) is 0 Å². The maximum absolute atomic E-state index is 3.53. The Balaban J connectivity index is 2.16. The van der Waals surface area contributed by atoms with Gasteiger partial charge in [0.15, 0.2) is 0 Å². The molecule has 0 aliphatic carbocycles. The molecule has 2 heterocycles. The molecular formula is C16H28N2S. The SMILES string of the molecule is CCNCC1CCN(C)C1c1ccc(C(C)(C)C)s1. The number of nitrogens with one attached hydrogen (secondary N) is 1. The Kier molecular flexibility index (Phi) is 4.70. The third-order valence-corrected chi connectivity index (χ3v) is 5.67. The average molecular weight is 280 g/mol. The lowest BCUT2D eigenvalue weighted by Crippen LogP contribution is -2.27. The maximum atomic E-state index is 3.53. The van der Waals surface area contributed by atoms with Crippen LogP contribution in [0.15, 0.2) is 12.1 Å². The molecule has 108 valence electrons. The molecule has 1 N–H and O–H groups in total. The summed E-state index contributed by atoms with van der Waals surface area (Å²) in [6, 6.07) is 5.30. The van der Waals surface area contributed by atoms with Gasteiger partial charge in [-0.15, -0.1) is 11.3 Å². The number of rotatable bonds is 4. The number of hydrogen-bond donors (Lipinski definition) is 1. The molecule has 3 heteroatoms. The number of nitrogens with zero attached hydrogens (tertiary/aromatic N) is 1. The van der Waals surface area contributed by atoms with Crippen molar-refractivity contribution in [2.75, 3.05) is 26.7 Å². The van der Waals surface area contributed by atoms with E-state index in [0.29, 0.717) is 6.04 Å². The van der Waals surface area contributed by atoms with Crippen LogP contribution < -0.4 is 5.32 Å². The summed E-state index contributed by atoms with van der Waals surface area (Å²) in [6.07, 6.45) is 1.32. The number of thiophene rings is 1. The molecule has 2 unspecified atom stereocenters. The van der Waals surface area contributed by atoms with E-state index in [1.807, 2.05) is 11.3 Å². The van der Waals surface area contributed by atoms with Crippen molar-refractivity contribution in [2.45, 2.75) is 45.6 Å². The van der Waals surface area contributed by atoms with Crippen LogP contribution in [0.5, 0.6) is 0 Å². The van der Waals surface area contributed by atoms with E-state index in [-0.39, 0.29) is 5.41 Å². The summed E-state index contributed by atoms with van der Waals surface area (Å²) in [4.78, 5) is 5.58. The van der Waals surface area contributed by atoms with Crippen LogP contribution in [0.2, 0.25) is 0 Å². The second-order valence-corrected chi connectivity index (χ2v) is 7.85. The third-order valence-electron chi connectivity index (χ3n) is 4.09. The molecule has 2 nitrogen and oxygen atoms in total. The van der Waals surface area contributed by atoms with Gasteiger partial charge in [-0.25, -0.2) is 0 Å². The van der Waals surface area contributed by atoms with Crippen LogP contribution in [0.1, 0.15) is 49.9 Å². The van der Waals surface area contributed by atoms with Crippen molar-refractivity contribution in [3.63, 3.8) is 0 Å². The van der Waals surface area contributed by atoms with Crippen molar-refractivity contribution in [3.8, 4) is 0 Å². The summed E-state index contributed by atoms with van der Waals surface area (Å²) in [5.41, 5.74) is 0.275. The van der Waals surface area contributed by atoms with E-state index in [1.54, 1.807) is 4.88 Å². The highest BCUT2D eigenvalue weighted by Crippen LogP contribution is 2.41. The molecule has 0 saturated carbocycles. The minimum absolute atomic E-state index is 0.275. The Morgan fingerprint density at radius 3 is 2.68 bits per heavy atom. The van der Waals surface area contributed by atoms with Gasteiger partial charge in [0.1, 0.15) is 0 Å². The first-order chi connectivity index (χ1) is 8.93.